The van der Waals surface area contributed by atoms with E-state index in [0.717, 1.165) is 75.2 Å². The fourth-order valence-corrected chi connectivity index (χ4v) is 6.45. The molecule has 184 valence electrons. The second kappa shape index (κ2) is 12.2. The molecule has 0 spiro atoms. The zero-order valence-electron chi connectivity index (χ0n) is 20.4. The number of rotatable bonds is 10. The summed E-state index contributed by atoms with van der Waals surface area (Å²) in [6.07, 6.45) is 5.55. The zero-order chi connectivity index (χ0) is 24.6. The van der Waals surface area contributed by atoms with Gasteiger partial charge in [0.15, 0.2) is 9.60 Å². The SMILES string of the molecule is CCn1c(=NC(=O)CCCCCCCC(=O)N=c2sc3ccccc3n2CC)sc2ccccc21. The van der Waals surface area contributed by atoms with Gasteiger partial charge < -0.3 is 9.13 Å². The van der Waals surface area contributed by atoms with Crippen LogP contribution in [0.25, 0.3) is 20.4 Å². The standard InChI is InChI=1S/C27H32N4O2S2/c1-3-30-20-14-10-12-16-22(20)34-26(30)28-24(32)18-8-6-5-7-9-19-25(33)29-27-31(4-2)21-15-11-13-17-23(21)35-27/h10-17H,3-9,18-19H2,1-2H3. The van der Waals surface area contributed by atoms with Crippen molar-refractivity contribution in [3.63, 3.8) is 0 Å². The van der Waals surface area contributed by atoms with Gasteiger partial charge in [-0.25, -0.2) is 0 Å². The molecule has 0 aliphatic heterocycles. The number of fused-ring (bicyclic) bond motifs is 2. The van der Waals surface area contributed by atoms with Crippen LogP contribution in [0.4, 0.5) is 0 Å². The maximum Gasteiger partial charge on any atom is 0.248 e. The third-order valence-corrected chi connectivity index (χ3v) is 8.15. The Morgan fingerprint density at radius 3 is 1.49 bits per heavy atom. The maximum atomic E-state index is 12.4. The number of carbonyl (C=O) groups excluding carboxylic acids is 2. The van der Waals surface area contributed by atoms with Gasteiger partial charge >= 0.3 is 0 Å². The van der Waals surface area contributed by atoms with E-state index in [0.29, 0.717) is 12.8 Å². The van der Waals surface area contributed by atoms with E-state index in [9.17, 15) is 9.59 Å². The number of benzene rings is 2. The normalized spacial score (nSPS) is 12.7. The van der Waals surface area contributed by atoms with Crippen molar-refractivity contribution in [3.8, 4) is 0 Å². The van der Waals surface area contributed by atoms with E-state index in [4.69, 9.17) is 0 Å². The van der Waals surface area contributed by atoms with Crippen molar-refractivity contribution in [1.29, 1.82) is 0 Å². The Kier molecular flexibility index (Phi) is 8.82. The van der Waals surface area contributed by atoms with Crippen LogP contribution in [0.2, 0.25) is 0 Å². The fraction of sp³-hybridized carbons (Fsp3) is 0.407. The van der Waals surface area contributed by atoms with Gasteiger partial charge in [0.05, 0.1) is 20.4 Å². The molecule has 0 aliphatic carbocycles. The number of aryl methyl sites for hydroxylation is 2. The lowest BCUT2D eigenvalue weighted by Gasteiger charge is -2.01. The van der Waals surface area contributed by atoms with Crippen molar-refractivity contribution in [2.45, 2.75) is 71.9 Å². The van der Waals surface area contributed by atoms with Crippen LogP contribution in [0.1, 0.15) is 58.8 Å². The highest BCUT2D eigenvalue weighted by Gasteiger charge is 2.08. The molecule has 0 saturated heterocycles. The van der Waals surface area contributed by atoms with Crippen molar-refractivity contribution in [3.05, 3.63) is 58.1 Å². The molecule has 2 aromatic carbocycles. The lowest BCUT2D eigenvalue weighted by atomic mass is 10.1. The van der Waals surface area contributed by atoms with Crippen molar-refractivity contribution >= 4 is 54.9 Å². The summed E-state index contributed by atoms with van der Waals surface area (Å²) in [7, 11) is 0. The molecule has 2 heterocycles. The van der Waals surface area contributed by atoms with E-state index in [-0.39, 0.29) is 11.8 Å². The minimum atomic E-state index is -0.0553. The lowest BCUT2D eigenvalue weighted by molar-refractivity contribution is -0.118. The number of aromatic nitrogens is 2. The first-order chi connectivity index (χ1) is 17.1. The molecule has 0 radical (unpaired) electrons. The number of hydrogen-bond acceptors (Lipinski definition) is 4. The van der Waals surface area contributed by atoms with Crippen molar-refractivity contribution in [1.82, 2.24) is 9.13 Å². The van der Waals surface area contributed by atoms with Gasteiger partial charge in [-0.2, -0.15) is 9.98 Å². The number of thiazole rings is 2. The molecule has 4 aromatic rings. The first-order valence-corrected chi connectivity index (χ1v) is 14.1. The second-order valence-corrected chi connectivity index (χ2v) is 10.5. The Bertz CT molecular complexity index is 1350. The average Bonchev–Trinajstić information content (AvgIpc) is 3.39. The molecule has 0 fully saturated rings. The van der Waals surface area contributed by atoms with Gasteiger partial charge in [-0.1, -0.05) is 66.2 Å². The van der Waals surface area contributed by atoms with Crippen LogP contribution in [0.5, 0.6) is 0 Å². The summed E-state index contributed by atoms with van der Waals surface area (Å²) in [6.45, 7) is 5.74. The van der Waals surface area contributed by atoms with Crippen LogP contribution >= 0.6 is 22.7 Å². The molecule has 0 atom stereocenters. The molecule has 0 unspecified atom stereocenters. The highest BCUT2D eigenvalue weighted by molar-refractivity contribution is 7.16. The largest absolute Gasteiger partial charge is 0.317 e. The van der Waals surface area contributed by atoms with Crippen LogP contribution in [0.15, 0.2) is 58.5 Å². The van der Waals surface area contributed by atoms with Crippen molar-refractivity contribution in [2.75, 3.05) is 0 Å². The molecule has 2 aromatic heterocycles. The summed E-state index contributed by atoms with van der Waals surface area (Å²) in [5, 5.41) is 0. The monoisotopic (exact) mass is 508 g/mol. The number of hydrogen-bond donors (Lipinski definition) is 0. The summed E-state index contributed by atoms with van der Waals surface area (Å²) in [4.78, 5) is 35.1. The molecule has 0 saturated carbocycles. The Balaban J connectivity index is 1.20. The number of amides is 2. The highest BCUT2D eigenvalue weighted by Crippen LogP contribution is 2.18. The highest BCUT2D eigenvalue weighted by atomic mass is 32.1. The number of para-hydroxylation sites is 2. The minimum absolute atomic E-state index is 0.0553. The maximum absolute atomic E-state index is 12.4. The summed E-state index contributed by atoms with van der Waals surface area (Å²) in [6, 6.07) is 16.3. The summed E-state index contributed by atoms with van der Waals surface area (Å²) in [5.41, 5.74) is 2.26. The smallest absolute Gasteiger partial charge is 0.248 e. The molecule has 0 bridgehead atoms. The van der Waals surface area contributed by atoms with E-state index in [2.05, 4.69) is 57.2 Å². The third kappa shape index (κ3) is 6.24. The van der Waals surface area contributed by atoms with Crippen molar-refractivity contribution < 1.29 is 9.59 Å². The first kappa shape index (κ1) is 25.3. The Hall–Kier alpha value is -2.84. The van der Waals surface area contributed by atoms with Gasteiger partial charge in [0, 0.05) is 25.9 Å². The first-order valence-electron chi connectivity index (χ1n) is 12.4. The van der Waals surface area contributed by atoms with Gasteiger partial charge in [-0.15, -0.1) is 0 Å². The predicted octanol–water partition coefficient (Wildman–Crippen LogP) is 6.04. The van der Waals surface area contributed by atoms with Gasteiger partial charge in [0.25, 0.3) is 0 Å². The quantitative estimate of drug-likeness (QED) is 0.245. The molecule has 4 rings (SSSR count). The van der Waals surface area contributed by atoms with E-state index in [1.165, 1.54) is 0 Å². The van der Waals surface area contributed by atoms with E-state index in [1.54, 1.807) is 22.7 Å². The van der Waals surface area contributed by atoms with Crippen LogP contribution in [-0.2, 0) is 22.7 Å². The van der Waals surface area contributed by atoms with Crippen LogP contribution in [0.3, 0.4) is 0 Å². The molecule has 35 heavy (non-hydrogen) atoms. The average molecular weight is 509 g/mol. The van der Waals surface area contributed by atoms with Gasteiger partial charge in [-0.05, 0) is 51.0 Å². The number of nitrogens with zero attached hydrogens (tertiary/aromatic N) is 4. The summed E-state index contributed by atoms with van der Waals surface area (Å²) >= 11 is 3.13. The Morgan fingerprint density at radius 2 is 1.06 bits per heavy atom. The second-order valence-electron chi connectivity index (χ2n) is 8.47. The van der Waals surface area contributed by atoms with Crippen LogP contribution in [0, 0.1) is 0 Å². The van der Waals surface area contributed by atoms with E-state index >= 15 is 0 Å². The van der Waals surface area contributed by atoms with Crippen LogP contribution in [-0.4, -0.2) is 20.9 Å². The van der Waals surface area contributed by atoms with E-state index < -0.39 is 0 Å². The summed E-state index contributed by atoms with van der Waals surface area (Å²) < 4.78 is 6.50. The fourth-order valence-electron chi connectivity index (χ4n) is 4.23. The van der Waals surface area contributed by atoms with E-state index in [1.807, 2.05) is 24.3 Å². The lowest BCUT2D eigenvalue weighted by Crippen LogP contribution is -2.15. The Labute approximate surface area is 213 Å². The Morgan fingerprint density at radius 1 is 0.657 bits per heavy atom. The molecule has 0 aliphatic rings. The van der Waals surface area contributed by atoms with Gasteiger partial charge in [0.2, 0.25) is 11.8 Å². The topological polar surface area (TPSA) is 68.7 Å². The molecule has 8 heteroatoms. The van der Waals surface area contributed by atoms with Crippen molar-refractivity contribution in [2.24, 2.45) is 9.98 Å². The molecule has 6 nitrogen and oxygen atoms in total. The van der Waals surface area contributed by atoms with Crippen LogP contribution < -0.4 is 9.60 Å². The number of carbonyl (C=O) groups is 2. The van der Waals surface area contributed by atoms with Gasteiger partial charge in [-0.3, -0.25) is 9.59 Å². The van der Waals surface area contributed by atoms with Gasteiger partial charge in [0.1, 0.15) is 0 Å². The molecular weight excluding hydrogens is 476 g/mol. The summed E-state index contributed by atoms with van der Waals surface area (Å²) in [5.74, 6) is -0.111. The number of unbranched alkanes of at least 4 members (excludes halogenated alkanes) is 4. The minimum Gasteiger partial charge on any atom is -0.317 e. The molecular formula is C27H32N4O2S2. The molecule has 2 amide bonds. The zero-order valence-corrected chi connectivity index (χ0v) is 22.0. The third-order valence-electron chi connectivity index (χ3n) is 6.03. The predicted molar refractivity (Wildman–Crippen MR) is 144 cm³/mol. The molecule has 0 N–H and O–H groups in total.